The molecule has 0 saturated heterocycles. The van der Waals surface area contributed by atoms with Crippen LogP contribution >= 0.6 is 34.4 Å². The number of nitrogens with one attached hydrogen (secondary N) is 2. The first-order valence-corrected chi connectivity index (χ1v) is 9.50. The fraction of sp³-hybridized carbons (Fsp3) is 0.118. The SMILES string of the molecule is C=C(NNC(=O)CSCc1ccc([N+](=O)[O-])cc1)c1cccc(I)c1. The zero-order chi connectivity index (χ0) is 18.2. The van der Waals surface area contributed by atoms with E-state index in [1.165, 1.54) is 23.9 Å². The Kier molecular flexibility index (Phi) is 7.26. The fourth-order valence-electron chi connectivity index (χ4n) is 1.91. The number of hydrogen-bond acceptors (Lipinski definition) is 5. The average Bonchev–Trinajstić information content (AvgIpc) is 2.60. The highest BCUT2D eigenvalue weighted by Crippen LogP contribution is 2.17. The minimum Gasteiger partial charge on any atom is -0.299 e. The summed E-state index contributed by atoms with van der Waals surface area (Å²) in [6, 6.07) is 14.1. The number of amides is 1. The van der Waals surface area contributed by atoms with Crippen LogP contribution < -0.4 is 10.9 Å². The third-order valence-corrected chi connectivity index (χ3v) is 4.85. The zero-order valence-corrected chi connectivity index (χ0v) is 16.2. The Morgan fingerprint density at radius 2 is 1.92 bits per heavy atom. The molecule has 0 bridgehead atoms. The fourth-order valence-corrected chi connectivity index (χ4v) is 3.24. The molecule has 0 unspecified atom stereocenters. The number of hydrazine groups is 1. The molecule has 130 valence electrons. The molecule has 0 aliphatic heterocycles. The van der Waals surface area contributed by atoms with E-state index in [0.717, 1.165) is 14.7 Å². The lowest BCUT2D eigenvalue weighted by molar-refractivity contribution is -0.384. The first kappa shape index (κ1) is 19.3. The van der Waals surface area contributed by atoms with Gasteiger partial charge in [0, 0.05) is 21.5 Å². The lowest BCUT2D eigenvalue weighted by Gasteiger charge is -2.11. The molecule has 25 heavy (non-hydrogen) atoms. The van der Waals surface area contributed by atoms with Gasteiger partial charge in [-0.25, -0.2) is 0 Å². The number of benzene rings is 2. The molecule has 8 heteroatoms. The number of rotatable bonds is 8. The maximum Gasteiger partial charge on any atom is 0.269 e. The highest BCUT2D eigenvalue weighted by Gasteiger charge is 2.06. The molecule has 0 atom stereocenters. The average molecular weight is 469 g/mol. The maximum absolute atomic E-state index is 11.9. The van der Waals surface area contributed by atoms with Crippen LogP contribution in [0.5, 0.6) is 0 Å². The van der Waals surface area contributed by atoms with Crippen LogP contribution in [0.15, 0.2) is 55.1 Å². The minimum absolute atomic E-state index is 0.0600. The molecule has 1 amide bonds. The predicted molar refractivity (Wildman–Crippen MR) is 109 cm³/mol. The van der Waals surface area contributed by atoms with Crippen LogP contribution in [0.1, 0.15) is 11.1 Å². The van der Waals surface area contributed by atoms with Gasteiger partial charge in [-0.05, 0) is 45.9 Å². The van der Waals surface area contributed by atoms with Crippen LogP contribution in [0.2, 0.25) is 0 Å². The molecule has 0 aliphatic carbocycles. The van der Waals surface area contributed by atoms with Crippen molar-refractivity contribution < 1.29 is 9.72 Å². The summed E-state index contributed by atoms with van der Waals surface area (Å²) in [6.45, 7) is 3.90. The van der Waals surface area contributed by atoms with Crippen molar-refractivity contribution in [1.29, 1.82) is 0 Å². The summed E-state index contributed by atoms with van der Waals surface area (Å²) in [5.74, 6) is 0.700. The first-order chi connectivity index (χ1) is 12.0. The topological polar surface area (TPSA) is 84.3 Å². The van der Waals surface area contributed by atoms with E-state index in [0.29, 0.717) is 11.4 Å². The van der Waals surface area contributed by atoms with E-state index in [1.54, 1.807) is 12.1 Å². The number of non-ortho nitro benzene ring substituents is 1. The second-order valence-electron chi connectivity index (χ2n) is 5.08. The van der Waals surface area contributed by atoms with Gasteiger partial charge in [0.25, 0.3) is 5.69 Å². The van der Waals surface area contributed by atoms with Gasteiger partial charge in [0.1, 0.15) is 0 Å². The van der Waals surface area contributed by atoms with Crippen LogP contribution in [0.25, 0.3) is 5.70 Å². The van der Waals surface area contributed by atoms with E-state index < -0.39 is 4.92 Å². The Balaban J connectivity index is 1.72. The van der Waals surface area contributed by atoms with Crippen molar-refractivity contribution in [3.05, 3.63) is 79.9 Å². The van der Waals surface area contributed by atoms with E-state index >= 15 is 0 Å². The number of nitro benzene ring substituents is 1. The van der Waals surface area contributed by atoms with Gasteiger partial charge in [0.05, 0.1) is 16.4 Å². The van der Waals surface area contributed by atoms with Crippen molar-refractivity contribution in [2.45, 2.75) is 5.75 Å². The van der Waals surface area contributed by atoms with Crippen molar-refractivity contribution in [3.8, 4) is 0 Å². The molecular formula is C17H16IN3O3S. The number of halogens is 1. The molecular weight excluding hydrogens is 453 g/mol. The summed E-state index contributed by atoms with van der Waals surface area (Å²) >= 11 is 3.64. The third-order valence-electron chi connectivity index (χ3n) is 3.17. The first-order valence-electron chi connectivity index (χ1n) is 7.26. The number of carbonyl (C=O) groups is 1. The smallest absolute Gasteiger partial charge is 0.269 e. The minimum atomic E-state index is -0.434. The molecule has 0 aliphatic rings. The second-order valence-corrected chi connectivity index (χ2v) is 7.31. The zero-order valence-electron chi connectivity index (χ0n) is 13.2. The molecule has 0 saturated carbocycles. The van der Waals surface area contributed by atoms with Crippen molar-refractivity contribution in [3.63, 3.8) is 0 Å². The van der Waals surface area contributed by atoms with Crippen LogP contribution in [-0.4, -0.2) is 16.6 Å². The Morgan fingerprint density at radius 1 is 1.20 bits per heavy atom. The van der Waals surface area contributed by atoms with Crippen LogP contribution in [0.3, 0.4) is 0 Å². The normalized spacial score (nSPS) is 10.1. The van der Waals surface area contributed by atoms with E-state index in [9.17, 15) is 14.9 Å². The van der Waals surface area contributed by atoms with E-state index in [4.69, 9.17) is 0 Å². The van der Waals surface area contributed by atoms with Gasteiger partial charge in [-0.2, -0.15) is 0 Å². The van der Waals surface area contributed by atoms with Gasteiger partial charge in [0.15, 0.2) is 0 Å². The maximum atomic E-state index is 11.9. The van der Waals surface area contributed by atoms with Crippen molar-refractivity contribution >= 4 is 51.6 Å². The highest BCUT2D eigenvalue weighted by molar-refractivity contribution is 14.1. The highest BCUT2D eigenvalue weighted by atomic mass is 127. The van der Waals surface area contributed by atoms with Crippen molar-refractivity contribution in [1.82, 2.24) is 10.9 Å². The Bertz CT molecular complexity index is 781. The molecule has 2 aromatic carbocycles. The summed E-state index contributed by atoms with van der Waals surface area (Å²) in [4.78, 5) is 22.0. The lowest BCUT2D eigenvalue weighted by Crippen LogP contribution is -2.37. The lowest BCUT2D eigenvalue weighted by atomic mass is 10.2. The molecule has 0 heterocycles. The van der Waals surface area contributed by atoms with Crippen LogP contribution in [-0.2, 0) is 10.5 Å². The van der Waals surface area contributed by atoms with Gasteiger partial charge < -0.3 is 0 Å². The van der Waals surface area contributed by atoms with Crippen LogP contribution in [0.4, 0.5) is 5.69 Å². The van der Waals surface area contributed by atoms with Crippen molar-refractivity contribution in [2.24, 2.45) is 0 Å². The summed E-state index contributed by atoms with van der Waals surface area (Å²) in [6.07, 6.45) is 0. The number of nitro groups is 1. The van der Waals surface area contributed by atoms with Gasteiger partial charge in [-0.1, -0.05) is 30.8 Å². The van der Waals surface area contributed by atoms with E-state index in [1.807, 2.05) is 24.3 Å². The summed E-state index contributed by atoms with van der Waals surface area (Å²) in [7, 11) is 0. The van der Waals surface area contributed by atoms with E-state index in [-0.39, 0.29) is 17.3 Å². The Morgan fingerprint density at radius 3 is 2.56 bits per heavy atom. The van der Waals surface area contributed by atoms with Gasteiger partial charge >= 0.3 is 0 Å². The quantitative estimate of drug-likeness (QED) is 0.350. The number of hydrogen-bond donors (Lipinski definition) is 2. The molecule has 0 spiro atoms. The van der Waals surface area contributed by atoms with Gasteiger partial charge in [0.2, 0.25) is 5.91 Å². The van der Waals surface area contributed by atoms with E-state index in [2.05, 4.69) is 40.0 Å². The standard InChI is InChI=1S/C17H16IN3O3S/c1-12(14-3-2-4-15(18)9-14)19-20-17(22)11-25-10-13-5-7-16(8-6-13)21(23)24/h2-9,19H,1,10-11H2,(H,20,22). The second kappa shape index (κ2) is 9.42. The molecule has 2 rings (SSSR count). The molecule has 2 aromatic rings. The molecule has 0 radical (unpaired) electrons. The predicted octanol–water partition coefficient (Wildman–Crippen LogP) is 3.72. The summed E-state index contributed by atoms with van der Waals surface area (Å²) < 4.78 is 1.09. The summed E-state index contributed by atoms with van der Waals surface area (Å²) in [5, 5.41) is 10.6. The monoisotopic (exact) mass is 469 g/mol. The number of carbonyl (C=O) groups excluding carboxylic acids is 1. The molecule has 0 fully saturated rings. The number of nitrogens with zero attached hydrogens (tertiary/aromatic N) is 1. The molecule has 6 nitrogen and oxygen atoms in total. The Hall–Kier alpha value is -2.07. The van der Waals surface area contributed by atoms with Crippen molar-refractivity contribution in [2.75, 3.05) is 5.75 Å². The van der Waals surface area contributed by atoms with Gasteiger partial charge in [-0.15, -0.1) is 11.8 Å². The molecule has 2 N–H and O–H groups in total. The summed E-state index contributed by atoms with van der Waals surface area (Å²) in [5.41, 5.74) is 7.93. The largest absolute Gasteiger partial charge is 0.299 e. The number of thioether (sulfide) groups is 1. The molecule has 0 aromatic heterocycles. The Labute approximate surface area is 163 Å². The van der Waals surface area contributed by atoms with Crippen LogP contribution in [0, 0.1) is 13.7 Å². The third kappa shape index (κ3) is 6.39. The van der Waals surface area contributed by atoms with Gasteiger partial charge in [-0.3, -0.25) is 25.8 Å².